The zero-order chi connectivity index (χ0) is 27.2. The van der Waals surface area contributed by atoms with Crippen molar-refractivity contribution in [3.8, 4) is 22.5 Å². The van der Waals surface area contributed by atoms with Crippen LogP contribution in [0.1, 0.15) is 49.3 Å². The molecule has 0 saturated heterocycles. The summed E-state index contributed by atoms with van der Waals surface area (Å²) in [4.78, 5) is 21.6. The summed E-state index contributed by atoms with van der Waals surface area (Å²) in [7, 11) is 0. The number of nitrogens with one attached hydrogen (secondary N) is 1. The number of esters is 1. The number of H-pyrrole nitrogens is 1. The maximum Gasteiger partial charge on any atom is 0.316 e. The minimum atomic E-state index is -0.277. The summed E-state index contributed by atoms with van der Waals surface area (Å²) in [6.07, 6.45) is 3.66. The number of thioether (sulfide) groups is 1. The Morgan fingerprint density at radius 3 is 2.56 bits per heavy atom. The van der Waals surface area contributed by atoms with Gasteiger partial charge in [-0.15, -0.1) is 15.3 Å². The molecule has 0 aliphatic carbocycles. The highest BCUT2D eigenvalue weighted by Crippen LogP contribution is 2.30. The highest BCUT2D eigenvalue weighted by Gasteiger charge is 2.18. The zero-order valence-electron chi connectivity index (χ0n) is 22.2. The molecule has 3 heterocycles. The Kier molecular flexibility index (Phi) is 8.26. The SMILES string of the molecule is CCCCc1nc(C)n2nc(SCC(=O)OCC)nc2c1Cc1ccc(-c2ccccc2-c2nn[nH]n2)cc1. The van der Waals surface area contributed by atoms with Crippen LogP contribution < -0.4 is 0 Å². The van der Waals surface area contributed by atoms with Gasteiger partial charge in [-0.1, -0.05) is 73.6 Å². The highest BCUT2D eigenvalue weighted by atomic mass is 32.2. The molecule has 5 rings (SSSR count). The lowest BCUT2D eigenvalue weighted by atomic mass is 9.96. The van der Waals surface area contributed by atoms with Gasteiger partial charge in [-0.2, -0.15) is 9.73 Å². The van der Waals surface area contributed by atoms with Crippen molar-refractivity contribution in [1.82, 2.24) is 40.2 Å². The number of aromatic nitrogens is 8. The van der Waals surface area contributed by atoms with Crippen molar-refractivity contribution in [2.24, 2.45) is 0 Å². The molecule has 0 saturated carbocycles. The molecule has 200 valence electrons. The number of carbonyl (C=O) groups excluding carboxylic acids is 1. The molecule has 5 aromatic rings. The third-order valence-corrected chi connectivity index (χ3v) is 7.17. The Morgan fingerprint density at radius 1 is 1.05 bits per heavy atom. The molecule has 0 aliphatic heterocycles. The molecule has 11 heteroatoms. The Balaban J connectivity index is 1.46. The molecule has 10 nitrogen and oxygen atoms in total. The normalized spacial score (nSPS) is 11.3. The van der Waals surface area contributed by atoms with Gasteiger partial charge in [0.1, 0.15) is 5.82 Å². The Labute approximate surface area is 230 Å². The van der Waals surface area contributed by atoms with Gasteiger partial charge in [0.05, 0.1) is 12.4 Å². The van der Waals surface area contributed by atoms with Crippen molar-refractivity contribution in [1.29, 1.82) is 0 Å². The second-order valence-electron chi connectivity index (χ2n) is 9.07. The minimum Gasteiger partial charge on any atom is -0.465 e. The Hall–Kier alpha value is -4.12. The van der Waals surface area contributed by atoms with Gasteiger partial charge in [-0.05, 0) is 48.6 Å². The molecule has 0 bridgehead atoms. The van der Waals surface area contributed by atoms with Crippen LogP contribution in [0, 0.1) is 6.92 Å². The first-order chi connectivity index (χ1) is 19.1. The van der Waals surface area contributed by atoms with E-state index in [4.69, 9.17) is 14.7 Å². The maximum atomic E-state index is 11.9. The van der Waals surface area contributed by atoms with Crippen LogP contribution in [0.2, 0.25) is 0 Å². The van der Waals surface area contributed by atoms with Crippen molar-refractivity contribution in [2.75, 3.05) is 12.4 Å². The first-order valence-corrected chi connectivity index (χ1v) is 14.0. The smallest absolute Gasteiger partial charge is 0.316 e. The molecule has 3 aromatic heterocycles. The number of aromatic amines is 1. The molecule has 0 radical (unpaired) electrons. The van der Waals surface area contributed by atoms with Gasteiger partial charge in [0.25, 0.3) is 0 Å². The number of unbranched alkanes of at least 4 members (excludes halogenated alkanes) is 1. The van der Waals surface area contributed by atoms with Gasteiger partial charge in [0, 0.05) is 23.2 Å². The van der Waals surface area contributed by atoms with Crippen LogP contribution >= 0.6 is 11.8 Å². The molecule has 0 unspecified atom stereocenters. The molecule has 2 aromatic carbocycles. The number of rotatable bonds is 11. The maximum absolute atomic E-state index is 11.9. The quantitative estimate of drug-likeness (QED) is 0.184. The average molecular weight is 543 g/mol. The molecular formula is C28H30N8O2S. The summed E-state index contributed by atoms with van der Waals surface area (Å²) in [5.41, 5.74) is 7.05. The Morgan fingerprint density at radius 2 is 1.85 bits per heavy atom. The van der Waals surface area contributed by atoms with Crippen molar-refractivity contribution >= 4 is 23.4 Å². The van der Waals surface area contributed by atoms with Crippen molar-refractivity contribution in [3.05, 3.63) is 71.2 Å². The number of tetrazole rings is 1. The number of ether oxygens (including phenoxy) is 1. The van der Waals surface area contributed by atoms with E-state index < -0.39 is 0 Å². The third kappa shape index (κ3) is 5.98. The van der Waals surface area contributed by atoms with Crippen LogP contribution in [-0.2, 0) is 22.4 Å². The number of benzene rings is 2. The van der Waals surface area contributed by atoms with Crippen LogP contribution in [0.25, 0.3) is 28.2 Å². The molecule has 0 spiro atoms. The molecular weight excluding hydrogens is 512 g/mol. The number of nitrogens with zero attached hydrogens (tertiary/aromatic N) is 7. The molecule has 1 N–H and O–H groups in total. The fraction of sp³-hybridized carbons (Fsp3) is 0.321. The monoisotopic (exact) mass is 542 g/mol. The van der Waals surface area contributed by atoms with Gasteiger partial charge < -0.3 is 4.74 Å². The molecule has 0 atom stereocenters. The van der Waals surface area contributed by atoms with Gasteiger partial charge >= 0.3 is 5.97 Å². The van der Waals surface area contributed by atoms with Crippen LogP contribution in [0.5, 0.6) is 0 Å². The van der Waals surface area contributed by atoms with E-state index >= 15 is 0 Å². The van der Waals surface area contributed by atoms with Crippen LogP contribution in [0.4, 0.5) is 0 Å². The van der Waals surface area contributed by atoms with E-state index in [1.54, 1.807) is 11.4 Å². The fourth-order valence-electron chi connectivity index (χ4n) is 4.48. The van der Waals surface area contributed by atoms with E-state index in [2.05, 4.69) is 63.0 Å². The predicted molar refractivity (Wildman–Crippen MR) is 149 cm³/mol. The summed E-state index contributed by atoms with van der Waals surface area (Å²) < 4.78 is 6.84. The zero-order valence-corrected chi connectivity index (χ0v) is 23.0. The number of carbonyl (C=O) groups is 1. The summed E-state index contributed by atoms with van der Waals surface area (Å²) in [5.74, 6) is 1.23. The van der Waals surface area contributed by atoms with Crippen molar-refractivity contribution in [2.45, 2.75) is 51.6 Å². The van der Waals surface area contributed by atoms with Crippen LogP contribution in [0.3, 0.4) is 0 Å². The van der Waals surface area contributed by atoms with Crippen LogP contribution in [-0.4, -0.2) is 58.5 Å². The number of hydrogen-bond acceptors (Lipinski definition) is 9. The molecule has 0 fully saturated rings. The van der Waals surface area contributed by atoms with Gasteiger partial charge in [0.15, 0.2) is 5.65 Å². The molecule has 0 amide bonds. The first kappa shape index (κ1) is 26.5. The summed E-state index contributed by atoms with van der Waals surface area (Å²) >= 11 is 1.28. The lowest BCUT2D eigenvalue weighted by molar-refractivity contribution is -0.139. The summed E-state index contributed by atoms with van der Waals surface area (Å²) in [5, 5.41) is 19.7. The summed E-state index contributed by atoms with van der Waals surface area (Å²) in [6, 6.07) is 16.5. The van der Waals surface area contributed by atoms with E-state index in [1.807, 2.05) is 25.1 Å². The second kappa shape index (κ2) is 12.2. The molecule has 0 aliphatic rings. The summed E-state index contributed by atoms with van der Waals surface area (Å²) in [6.45, 7) is 6.27. The van der Waals surface area contributed by atoms with Gasteiger partial charge in [0.2, 0.25) is 11.0 Å². The van der Waals surface area contributed by atoms with E-state index in [1.165, 1.54) is 11.8 Å². The van der Waals surface area contributed by atoms with Gasteiger partial charge in [-0.3, -0.25) is 4.79 Å². The second-order valence-corrected chi connectivity index (χ2v) is 10.0. The number of hydrogen-bond donors (Lipinski definition) is 1. The fourth-order valence-corrected chi connectivity index (χ4v) is 5.11. The predicted octanol–water partition coefficient (Wildman–Crippen LogP) is 4.87. The number of aryl methyl sites for hydroxylation is 2. The van der Waals surface area contributed by atoms with E-state index in [-0.39, 0.29) is 11.7 Å². The Bertz CT molecular complexity index is 1570. The van der Waals surface area contributed by atoms with E-state index in [0.29, 0.717) is 24.0 Å². The lowest BCUT2D eigenvalue weighted by Crippen LogP contribution is -2.08. The molecule has 39 heavy (non-hydrogen) atoms. The topological polar surface area (TPSA) is 124 Å². The highest BCUT2D eigenvalue weighted by molar-refractivity contribution is 7.99. The van der Waals surface area contributed by atoms with Crippen molar-refractivity contribution < 1.29 is 9.53 Å². The standard InChI is InChI=1S/C28H30N8O2S/c1-4-6-11-24-23(27-30-28(33-36(27)18(3)29-24)39-17-25(37)38-5-2)16-19-12-14-20(15-13-19)21-9-7-8-10-22(21)26-31-34-35-32-26/h7-10,12-15H,4-6,11,16-17H2,1-3H3,(H,31,32,34,35). The lowest BCUT2D eigenvalue weighted by Gasteiger charge is -2.12. The van der Waals surface area contributed by atoms with Gasteiger partial charge in [-0.25, -0.2) is 9.97 Å². The average Bonchev–Trinajstić information content (AvgIpc) is 3.64. The number of fused-ring (bicyclic) bond motifs is 1. The van der Waals surface area contributed by atoms with E-state index in [9.17, 15) is 4.79 Å². The van der Waals surface area contributed by atoms with E-state index in [0.717, 1.165) is 64.2 Å². The largest absolute Gasteiger partial charge is 0.465 e. The minimum absolute atomic E-state index is 0.169. The third-order valence-electron chi connectivity index (χ3n) is 6.36. The van der Waals surface area contributed by atoms with Crippen molar-refractivity contribution in [3.63, 3.8) is 0 Å². The first-order valence-electron chi connectivity index (χ1n) is 13.0. The van der Waals surface area contributed by atoms with Crippen LogP contribution in [0.15, 0.2) is 53.7 Å².